The molecule has 1 aliphatic carbocycles. The van der Waals surface area contributed by atoms with Crippen molar-refractivity contribution >= 4 is 21.8 Å². The predicted octanol–water partition coefficient (Wildman–Crippen LogP) is 3.35. The van der Waals surface area contributed by atoms with Gasteiger partial charge in [0.05, 0.1) is 5.54 Å². The molecule has 1 amide bonds. The molecule has 0 heterocycles. The number of alkyl halides is 1. The fourth-order valence-electron chi connectivity index (χ4n) is 2.18. The van der Waals surface area contributed by atoms with Gasteiger partial charge in [-0.3, -0.25) is 4.79 Å². The van der Waals surface area contributed by atoms with Crippen LogP contribution in [0.2, 0.25) is 0 Å². The number of halogens is 1. The van der Waals surface area contributed by atoms with Crippen molar-refractivity contribution in [1.82, 2.24) is 5.32 Å². The molecule has 0 bridgehead atoms. The number of rotatable bonds is 3. The van der Waals surface area contributed by atoms with E-state index in [1.807, 2.05) is 32.0 Å². The first-order valence-electron chi connectivity index (χ1n) is 6.02. The van der Waals surface area contributed by atoms with Crippen molar-refractivity contribution in [2.24, 2.45) is 0 Å². The number of carbonyl (C=O) groups is 1. The zero-order valence-corrected chi connectivity index (χ0v) is 11.9. The molecule has 1 aromatic carbocycles. The molecule has 92 valence electrons. The first kappa shape index (κ1) is 12.6. The minimum Gasteiger partial charge on any atom is -0.346 e. The smallest absolute Gasteiger partial charge is 0.252 e. The van der Waals surface area contributed by atoms with E-state index < -0.39 is 0 Å². The van der Waals surface area contributed by atoms with Gasteiger partial charge in [-0.2, -0.15) is 0 Å². The molecule has 0 radical (unpaired) electrons. The van der Waals surface area contributed by atoms with Gasteiger partial charge in [-0.25, -0.2) is 0 Å². The highest BCUT2D eigenvalue weighted by molar-refractivity contribution is 9.09. The topological polar surface area (TPSA) is 29.1 Å². The summed E-state index contributed by atoms with van der Waals surface area (Å²) in [5.74, 6) is 0.0605. The van der Waals surface area contributed by atoms with Crippen LogP contribution in [0, 0.1) is 13.8 Å². The summed E-state index contributed by atoms with van der Waals surface area (Å²) >= 11 is 3.50. The second-order valence-corrected chi connectivity index (χ2v) is 5.60. The van der Waals surface area contributed by atoms with Crippen LogP contribution >= 0.6 is 15.9 Å². The standard InChI is InChI=1S/C14H18BrNO/c1-10-4-5-11(2)12(8-10)13(17)16-14(9-15)6-3-7-14/h4-5,8H,3,6-7,9H2,1-2H3,(H,16,17). The number of benzene rings is 1. The molecule has 2 rings (SSSR count). The first-order valence-corrected chi connectivity index (χ1v) is 7.14. The van der Waals surface area contributed by atoms with E-state index in [0.29, 0.717) is 0 Å². The van der Waals surface area contributed by atoms with Crippen LogP contribution in [0.15, 0.2) is 18.2 Å². The van der Waals surface area contributed by atoms with Crippen LogP contribution in [-0.2, 0) is 0 Å². The molecule has 3 heteroatoms. The summed E-state index contributed by atoms with van der Waals surface area (Å²) in [5.41, 5.74) is 2.96. The number of hydrogen-bond acceptors (Lipinski definition) is 1. The van der Waals surface area contributed by atoms with Gasteiger partial charge in [0.15, 0.2) is 0 Å². The van der Waals surface area contributed by atoms with Crippen molar-refractivity contribution < 1.29 is 4.79 Å². The molecule has 1 aromatic rings. The van der Waals surface area contributed by atoms with E-state index >= 15 is 0 Å². The van der Waals surface area contributed by atoms with Crippen LogP contribution in [0.4, 0.5) is 0 Å². The second kappa shape index (κ2) is 4.81. The Morgan fingerprint density at radius 2 is 2.12 bits per heavy atom. The molecule has 1 fully saturated rings. The Morgan fingerprint density at radius 3 is 2.65 bits per heavy atom. The number of hydrogen-bond donors (Lipinski definition) is 1. The van der Waals surface area contributed by atoms with Gasteiger partial charge in [0.1, 0.15) is 0 Å². The maximum atomic E-state index is 12.3. The third kappa shape index (κ3) is 2.54. The van der Waals surface area contributed by atoms with Gasteiger partial charge in [-0.15, -0.1) is 0 Å². The lowest BCUT2D eigenvalue weighted by atomic mass is 9.78. The van der Waals surface area contributed by atoms with Gasteiger partial charge in [-0.1, -0.05) is 33.6 Å². The second-order valence-electron chi connectivity index (χ2n) is 5.04. The summed E-state index contributed by atoms with van der Waals surface area (Å²) in [6.07, 6.45) is 3.36. The van der Waals surface area contributed by atoms with E-state index in [1.165, 1.54) is 6.42 Å². The van der Waals surface area contributed by atoms with E-state index in [2.05, 4.69) is 21.2 Å². The Labute approximate surface area is 111 Å². The average Bonchev–Trinajstić information content (AvgIpc) is 2.26. The minimum atomic E-state index is -0.00668. The van der Waals surface area contributed by atoms with Crippen LogP contribution in [0.1, 0.15) is 40.7 Å². The van der Waals surface area contributed by atoms with Crippen molar-refractivity contribution in [3.05, 3.63) is 34.9 Å². The van der Waals surface area contributed by atoms with Crippen molar-refractivity contribution in [2.75, 3.05) is 5.33 Å². The maximum Gasteiger partial charge on any atom is 0.252 e. The number of aryl methyl sites for hydroxylation is 2. The lowest BCUT2D eigenvalue weighted by molar-refractivity contribution is 0.0856. The molecule has 0 aliphatic heterocycles. The largest absolute Gasteiger partial charge is 0.346 e. The van der Waals surface area contributed by atoms with Gasteiger partial charge in [-0.05, 0) is 44.7 Å². The zero-order chi connectivity index (χ0) is 12.5. The molecule has 0 atom stereocenters. The Bertz CT molecular complexity index is 432. The van der Waals surface area contributed by atoms with Gasteiger partial charge in [0, 0.05) is 10.9 Å². The van der Waals surface area contributed by atoms with Gasteiger partial charge >= 0.3 is 0 Å². The summed E-state index contributed by atoms with van der Waals surface area (Å²) in [6.45, 7) is 4.00. The van der Waals surface area contributed by atoms with E-state index in [1.54, 1.807) is 0 Å². The van der Waals surface area contributed by atoms with Crippen molar-refractivity contribution in [1.29, 1.82) is 0 Å². The minimum absolute atomic E-state index is 0.00668. The summed E-state index contributed by atoms with van der Waals surface area (Å²) in [6, 6.07) is 6.01. The monoisotopic (exact) mass is 295 g/mol. The molecule has 0 saturated heterocycles. The predicted molar refractivity (Wildman–Crippen MR) is 73.8 cm³/mol. The summed E-state index contributed by atoms with van der Waals surface area (Å²) in [7, 11) is 0. The third-order valence-corrected chi connectivity index (χ3v) is 4.66. The van der Waals surface area contributed by atoms with Crippen LogP contribution in [-0.4, -0.2) is 16.8 Å². The molecule has 1 saturated carbocycles. The molecule has 0 unspecified atom stereocenters. The fourth-order valence-corrected chi connectivity index (χ4v) is 2.89. The molecule has 1 aliphatic rings. The van der Waals surface area contributed by atoms with Crippen LogP contribution in [0.3, 0.4) is 0 Å². The van der Waals surface area contributed by atoms with E-state index in [4.69, 9.17) is 0 Å². The third-order valence-electron chi connectivity index (χ3n) is 3.58. The lowest BCUT2D eigenvalue weighted by Crippen LogP contribution is -2.55. The number of nitrogens with one attached hydrogen (secondary N) is 1. The highest BCUT2D eigenvalue weighted by Gasteiger charge is 2.37. The summed E-state index contributed by atoms with van der Waals surface area (Å²) in [5, 5.41) is 4.02. The summed E-state index contributed by atoms with van der Waals surface area (Å²) in [4.78, 5) is 12.3. The van der Waals surface area contributed by atoms with Crippen LogP contribution < -0.4 is 5.32 Å². The van der Waals surface area contributed by atoms with Gasteiger partial charge in [0.25, 0.3) is 5.91 Å². The first-order chi connectivity index (χ1) is 8.06. The Hall–Kier alpha value is -0.830. The molecule has 2 nitrogen and oxygen atoms in total. The Balaban J connectivity index is 2.17. The Kier molecular flexibility index (Phi) is 3.57. The van der Waals surface area contributed by atoms with E-state index in [-0.39, 0.29) is 11.4 Å². The van der Waals surface area contributed by atoms with Crippen molar-refractivity contribution in [3.8, 4) is 0 Å². The molecular weight excluding hydrogens is 278 g/mol. The SMILES string of the molecule is Cc1ccc(C)c(C(=O)NC2(CBr)CCC2)c1. The molecule has 1 N–H and O–H groups in total. The Morgan fingerprint density at radius 1 is 1.41 bits per heavy atom. The molecule has 0 aromatic heterocycles. The summed E-state index contributed by atoms with van der Waals surface area (Å²) < 4.78 is 0. The lowest BCUT2D eigenvalue weighted by Gasteiger charge is -2.41. The average molecular weight is 296 g/mol. The quantitative estimate of drug-likeness (QED) is 0.852. The van der Waals surface area contributed by atoms with E-state index in [9.17, 15) is 4.79 Å². The van der Waals surface area contributed by atoms with Crippen molar-refractivity contribution in [2.45, 2.75) is 38.6 Å². The highest BCUT2D eigenvalue weighted by Crippen LogP contribution is 2.33. The van der Waals surface area contributed by atoms with Gasteiger partial charge in [0.2, 0.25) is 0 Å². The van der Waals surface area contributed by atoms with E-state index in [0.717, 1.165) is 34.9 Å². The number of amides is 1. The van der Waals surface area contributed by atoms with Crippen LogP contribution in [0.25, 0.3) is 0 Å². The molecule has 17 heavy (non-hydrogen) atoms. The van der Waals surface area contributed by atoms with Gasteiger partial charge < -0.3 is 5.32 Å². The van der Waals surface area contributed by atoms with Crippen LogP contribution in [0.5, 0.6) is 0 Å². The molecular formula is C14H18BrNO. The zero-order valence-electron chi connectivity index (χ0n) is 10.3. The maximum absolute atomic E-state index is 12.3. The highest BCUT2D eigenvalue weighted by atomic mass is 79.9. The fraction of sp³-hybridized carbons (Fsp3) is 0.500. The molecule has 0 spiro atoms. The normalized spacial score (nSPS) is 17.4. The number of carbonyl (C=O) groups excluding carboxylic acids is 1. The van der Waals surface area contributed by atoms with Crippen molar-refractivity contribution in [3.63, 3.8) is 0 Å².